The van der Waals surface area contributed by atoms with Gasteiger partial charge in [-0.25, -0.2) is 13.2 Å². The number of carbonyl (C=O) groups is 2. The van der Waals surface area contributed by atoms with Crippen molar-refractivity contribution in [2.75, 3.05) is 43.6 Å². The number of benzene rings is 2. The maximum atomic E-state index is 13.3. The second kappa shape index (κ2) is 9.93. The first-order valence-corrected chi connectivity index (χ1v) is 11.7. The molecule has 0 saturated carbocycles. The van der Waals surface area contributed by atoms with Crippen molar-refractivity contribution in [3.05, 3.63) is 59.7 Å². The lowest BCUT2D eigenvalue weighted by Gasteiger charge is -2.33. The number of nitrogens with one attached hydrogen (secondary N) is 1. The quantitative estimate of drug-likeness (QED) is 0.649. The molecular formula is C22H26N2O6S. The fourth-order valence-electron chi connectivity index (χ4n) is 3.42. The fourth-order valence-corrected chi connectivity index (χ4v) is 4.65. The Balaban J connectivity index is 1.77. The number of hydrogen-bond donors (Lipinski definition) is 1. The molecule has 31 heavy (non-hydrogen) atoms. The summed E-state index contributed by atoms with van der Waals surface area (Å²) < 4.78 is 33.6. The number of anilines is 1. The van der Waals surface area contributed by atoms with Crippen LogP contribution < -0.4 is 10.1 Å². The molecule has 0 aliphatic carbocycles. The van der Waals surface area contributed by atoms with Crippen LogP contribution in [0, 0.1) is 6.92 Å². The second-order valence-electron chi connectivity index (χ2n) is 7.33. The van der Waals surface area contributed by atoms with Crippen LogP contribution in [0.2, 0.25) is 0 Å². The Hall–Kier alpha value is -2.91. The van der Waals surface area contributed by atoms with E-state index in [9.17, 15) is 18.0 Å². The maximum Gasteiger partial charge on any atom is 0.343 e. The molecule has 1 amide bonds. The van der Waals surface area contributed by atoms with Crippen LogP contribution in [-0.2, 0) is 24.2 Å². The van der Waals surface area contributed by atoms with Crippen LogP contribution in [0.15, 0.2) is 48.5 Å². The highest BCUT2D eigenvalue weighted by Crippen LogP contribution is 2.27. The van der Waals surface area contributed by atoms with E-state index in [-0.39, 0.29) is 24.0 Å². The van der Waals surface area contributed by atoms with Crippen molar-refractivity contribution in [2.45, 2.75) is 13.0 Å². The predicted molar refractivity (Wildman–Crippen MR) is 117 cm³/mol. The molecule has 8 nitrogen and oxygen atoms in total. The number of esters is 1. The van der Waals surface area contributed by atoms with Gasteiger partial charge in [0, 0.05) is 18.8 Å². The minimum Gasteiger partial charge on any atom is -0.482 e. The molecular weight excluding hydrogens is 420 g/mol. The summed E-state index contributed by atoms with van der Waals surface area (Å²) in [6.07, 6.45) is 0. The van der Waals surface area contributed by atoms with E-state index in [2.05, 4.69) is 10.1 Å². The van der Waals surface area contributed by atoms with Crippen LogP contribution in [0.1, 0.15) is 17.2 Å². The largest absolute Gasteiger partial charge is 0.482 e. The van der Waals surface area contributed by atoms with Crippen LogP contribution in [0.25, 0.3) is 0 Å². The third-order valence-electron chi connectivity index (χ3n) is 5.15. The Morgan fingerprint density at radius 1 is 1.10 bits per heavy atom. The van der Waals surface area contributed by atoms with Gasteiger partial charge in [0.15, 0.2) is 16.4 Å². The average Bonchev–Trinajstić information content (AvgIpc) is 2.76. The Labute approximate surface area is 182 Å². The van der Waals surface area contributed by atoms with Crippen molar-refractivity contribution in [1.29, 1.82) is 0 Å². The van der Waals surface area contributed by atoms with Crippen LogP contribution in [-0.4, -0.2) is 63.5 Å². The molecule has 3 rings (SSSR count). The summed E-state index contributed by atoms with van der Waals surface area (Å²) in [5.74, 6) is -0.160. The van der Waals surface area contributed by atoms with Crippen LogP contribution in [0.4, 0.5) is 5.69 Å². The third kappa shape index (κ3) is 6.05. The Morgan fingerprint density at radius 2 is 1.77 bits per heavy atom. The summed E-state index contributed by atoms with van der Waals surface area (Å²) in [6.45, 7) is 2.23. The van der Waals surface area contributed by atoms with Gasteiger partial charge in [-0.1, -0.05) is 30.3 Å². The van der Waals surface area contributed by atoms with Gasteiger partial charge < -0.3 is 14.8 Å². The van der Waals surface area contributed by atoms with E-state index in [1.807, 2.05) is 42.2 Å². The van der Waals surface area contributed by atoms with Gasteiger partial charge in [0.25, 0.3) is 0 Å². The zero-order chi connectivity index (χ0) is 22.4. The Bertz CT molecular complexity index is 1030. The molecule has 1 N–H and O–H groups in total. The summed E-state index contributed by atoms with van der Waals surface area (Å²) in [7, 11) is -1.77. The lowest BCUT2D eigenvalue weighted by Crippen LogP contribution is -2.46. The average molecular weight is 447 g/mol. The molecule has 166 valence electrons. The number of rotatable bonds is 7. The molecule has 0 spiro atoms. The molecule has 2 aromatic rings. The molecule has 1 atom stereocenters. The molecule has 1 unspecified atom stereocenters. The van der Waals surface area contributed by atoms with Gasteiger partial charge >= 0.3 is 5.97 Å². The SMILES string of the molecule is COC(=O)COc1ccc(NC(=O)C(c2ccccc2)N2CCS(=O)(=O)CC2)c(C)c1. The number of amides is 1. The summed E-state index contributed by atoms with van der Waals surface area (Å²) in [4.78, 5) is 26.4. The first kappa shape index (κ1) is 22.8. The highest BCUT2D eigenvalue weighted by molar-refractivity contribution is 7.91. The van der Waals surface area contributed by atoms with Gasteiger partial charge in [-0.15, -0.1) is 0 Å². The van der Waals surface area contributed by atoms with Gasteiger partial charge in [0.05, 0.1) is 18.6 Å². The third-order valence-corrected chi connectivity index (χ3v) is 6.76. The number of methoxy groups -OCH3 is 1. The number of carbonyl (C=O) groups excluding carboxylic acids is 2. The van der Waals surface area contributed by atoms with E-state index in [1.54, 1.807) is 18.2 Å². The van der Waals surface area contributed by atoms with E-state index >= 15 is 0 Å². The van der Waals surface area contributed by atoms with Gasteiger partial charge in [-0.3, -0.25) is 9.69 Å². The van der Waals surface area contributed by atoms with E-state index in [0.717, 1.165) is 11.1 Å². The van der Waals surface area contributed by atoms with Gasteiger partial charge in [0.1, 0.15) is 11.8 Å². The van der Waals surface area contributed by atoms with E-state index in [1.165, 1.54) is 7.11 Å². The molecule has 2 aromatic carbocycles. The number of aryl methyl sites for hydroxylation is 1. The smallest absolute Gasteiger partial charge is 0.343 e. The summed E-state index contributed by atoms with van der Waals surface area (Å²) in [5.41, 5.74) is 2.18. The predicted octanol–water partition coefficient (Wildman–Crippen LogP) is 1.96. The minimum absolute atomic E-state index is 0.0366. The van der Waals surface area contributed by atoms with Crippen molar-refractivity contribution in [1.82, 2.24) is 4.90 Å². The van der Waals surface area contributed by atoms with Gasteiger partial charge in [-0.05, 0) is 36.2 Å². The molecule has 9 heteroatoms. The number of nitrogens with zero attached hydrogens (tertiary/aromatic N) is 1. The Kier molecular flexibility index (Phi) is 7.29. The molecule has 0 bridgehead atoms. The van der Waals surface area contributed by atoms with Crippen molar-refractivity contribution < 1.29 is 27.5 Å². The van der Waals surface area contributed by atoms with Crippen LogP contribution in [0.3, 0.4) is 0 Å². The van der Waals surface area contributed by atoms with E-state index < -0.39 is 21.8 Å². The summed E-state index contributed by atoms with van der Waals surface area (Å²) in [5, 5.41) is 2.95. The van der Waals surface area contributed by atoms with Crippen molar-refractivity contribution in [2.24, 2.45) is 0 Å². The van der Waals surface area contributed by atoms with Crippen LogP contribution >= 0.6 is 0 Å². The molecule has 1 heterocycles. The number of hydrogen-bond acceptors (Lipinski definition) is 7. The van der Waals surface area contributed by atoms with Gasteiger partial charge in [-0.2, -0.15) is 0 Å². The highest BCUT2D eigenvalue weighted by Gasteiger charge is 2.32. The van der Waals surface area contributed by atoms with E-state index in [0.29, 0.717) is 24.5 Å². The second-order valence-corrected chi connectivity index (χ2v) is 9.64. The first-order chi connectivity index (χ1) is 14.8. The topological polar surface area (TPSA) is 102 Å². The Morgan fingerprint density at radius 3 is 2.39 bits per heavy atom. The fraction of sp³-hybridized carbons (Fsp3) is 0.364. The first-order valence-electron chi connectivity index (χ1n) is 9.89. The molecule has 1 aliphatic heterocycles. The lowest BCUT2D eigenvalue weighted by atomic mass is 10.0. The molecule has 1 fully saturated rings. The van der Waals surface area contributed by atoms with Crippen molar-refractivity contribution >= 4 is 27.4 Å². The van der Waals surface area contributed by atoms with Crippen LogP contribution in [0.5, 0.6) is 5.75 Å². The summed E-state index contributed by atoms with van der Waals surface area (Å²) >= 11 is 0. The molecule has 0 aromatic heterocycles. The van der Waals surface area contributed by atoms with E-state index in [4.69, 9.17) is 4.74 Å². The van der Waals surface area contributed by atoms with Gasteiger partial charge in [0.2, 0.25) is 5.91 Å². The monoisotopic (exact) mass is 446 g/mol. The molecule has 0 radical (unpaired) electrons. The zero-order valence-electron chi connectivity index (χ0n) is 17.5. The minimum atomic E-state index is -3.06. The standard InChI is InChI=1S/C22H26N2O6S/c1-16-14-18(30-15-20(25)29-2)8-9-19(16)23-22(26)21(17-6-4-3-5-7-17)24-10-12-31(27,28)13-11-24/h3-9,14,21H,10-13,15H2,1-2H3,(H,23,26). The van der Waals surface area contributed by atoms with Crippen molar-refractivity contribution in [3.63, 3.8) is 0 Å². The number of sulfone groups is 1. The maximum absolute atomic E-state index is 13.3. The number of ether oxygens (including phenoxy) is 2. The normalized spacial score (nSPS) is 16.8. The highest BCUT2D eigenvalue weighted by atomic mass is 32.2. The van der Waals surface area contributed by atoms with Crippen molar-refractivity contribution in [3.8, 4) is 5.75 Å². The molecule has 1 aliphatic rings. The molecule has 1 saturated heterocycles. The lowest BCUT2D eigenvalue weighted by molar-refractivity contribution is -0.142. The summed E-state index contributed by atoms with van der Waals surface area (Å²) in [6, 6.07) is 13.8. The zero-order valence-corrected chi connectivity index (χ0v) is 18.4.